The second-order valence-corrected chi connectivity index (χ2v) is 8.20. The second kappa shape index (κ2) is 9.13. The molecule has 1 amide bonds. The van der Waals surface area contributed by atoms with Crippen molar-refractivity contribution in [3.05, 3.63) is 111 Å². The van der Waals surface area contributed by atoms with Crippen molar-refractivity contribution in [1.29, 1.82) is 0 Å². The zero-order chi connectivity index (χ0) is 24.5. The minimum atomic E-state index is -2.09. The fourth-order valence-electron chi connectivity index (χ4n) is 3.87. The molecule has 9 heteroatoms. The standard InChI is InChI=1S/C25H16Cl2N2O5/c26-15-12-18(27)22-17(10-11-21(30)31)25(24(33)34,29-20(22)13-15)16-8-4-5-9-19(16)28-23(32)14-6-2-1-3-7-14/h1-13H,(H,28,32)(H,30,31)(H,33,34). The molecule has 1 heterocycles. The van der Waals surface area contributed by atoms with Gasteiger partial charge in [-0.15, -0.1) is 0 Å². The maximum atomic E-state index is 12.9. The van der Waals surface area contributed by atoms with E-state index < -0.39 is 23.4 Å². The van der Waals surface area contributed by atoms with E-state index in [1.807, 2.05) is 0 Å². The number of hydrogen-bond donors (Lipinski definition) is 3. The first kappa shape index (κ1) is 23.2. The summed E-state index contributed by atoms with van der Waals surface area (Å²) >= 11 is 12.5. The quantitative estimate of drug-likeness (QED) is 0.452. The predicted molar refractivity (Wildman–Crippen MR) is 128 cm³/mol. The second-order valence-electron chi connectivity index (χ2n) is 7.36. The van der Waals surface area contributed by atoms with Crippen molar-refractivity contribution in [2.24, 2.45) is 4.99 Å². The minimum absolute atomic E-state index is 0.0282. The van der Waals surface area contributed by atoms with Crippen LogP contribution in [0.4, 0.5) is 5.69 Å². The normalized spacial score (nSPS) is 16.7. The SMILES string of the molecule is O=C(O)C=CC1=c2c(Cl)cc(Cl)cc2=NC1(C(=O)O)c1ccccc1NC(=O)c1ccccc1. The number of nitrogens with one attached hydrogen (secondary N) is 1. The number of carbonyl (C=O) groups excluding carboxylic acids is 1. The molecule has 0 saturated carbocycles. The molecule has 4 rings (SSSR count). The summed E-state index contributed by atoms with van der Waals surface area (Å²) in [5.41, 5.74) is -1.37. The summed E-state index contributed by atoms with van der Waals surface area (Å²) in [7, 11) is 0. The molecule has 1 atom stereocenters. The molecular weight excluding hydrogens is 479 g/mol. The maximum Gasteiger partial charge on any atom is 0.341 e. The van der Waals surface area contributed by atoms with Gasteiger partial charge in [0.15, 0.2) is 0 Å². The van der Waals surface area contributed by atoms with Gasteiger partial charge in [0.1, 0.15) is 0 Å². The van der Waals surface area contributed by atoms with Gasteiger partial charge in [0.05, 0.1) is 10.4 Å². The van der Waals surface area contributed by atoms with Crippen LogP contribution in [0.1, 0.15) is 15.9 Å². The minimum Gasteiger partial charge on any atom is -0.479 e. The highest BCUT2D eigenvalue weighted by Crippen LogP contribution is 2.41. The molecule has 0 bridgehead atoms. The van der Waals surface area contributed by atoms with Crippen LogP contribution >= 0.6 is 23.2 Å². The number of carboxylic acids is 2. The van der Waals surface area contributed by atoms with E-state index in [9.17, 15) is 24.6 Å². The number of nitrogens with zero attached hydrogens (tertiary/aromatic N) is 1. The average molecular weight is 495 g/mol. The molecule has 34 heavy (non-hydrogen) atoms. The van der Waals surface area contributed by atoms with Gasteiger partial charge in [-0.05, 0) is 36.4 Å². The third-order valence-corrected chi connectivity index (χ3v) is 5.80. The van der Waals surface area contributed by atoms with Gasteiger partial charge in [0.2, 0.25) is 5.54 Å². The van der Waals surface area contributed by atoms with E-state index in [0.717, 1.165) is 12.2 Å². The zero-order valence-electron chi connectivity index (χ0n) is 17.3. The van der Waals surface area contributed by atoms with Crippen LogP contribution in [-0.2, 0) is 15.1 Å². The maximum absolute atomic E-state index is 12.9. The van der Waals surface area contributed by atoms with E-state index >= 15 is 0 Å². The van der Waals surface area contributed by atoms with Gasteiger partial charge in [-0.1, -0.05) is 59.6 Å². The highest BCUT2D eigenvalue weighted by molar-refractivity contribution is 6.34. The number of carbonyl (C=O) groups is 3. The van der Waals surface area contributed by atoms with Gasteiger partial charge in [0.25, 0.3) is 5.91 Å². The molecule has 1 aliphatic heterocycles. The molecule has 0 spiro atoms. The van der Waals surface area contributed by atoms with Crippen molar-refractivity contribution in [2.75, 3.05) is 5.32 Å². The van der Waals surface area contributed by atoms with Crippen molar-refractivity contribution < 1.29 is 24.6 Å². The summed E-state index contributed by atoms with van der Waals surface area (Å²) in [6, 6.07) is 17.6. The van der Waals surface area contributed by atoms with E-state index in [4.69, 9.17) is 23.2 Å². The predicted octanol–water partition coefficient (Wildman–Crippen LogP) is 3.65. The molecular formula is C25H16Cl2N2O5. The molecule has 1 aliphatic rings. The van der Waals surface area contributed by atoms with Crippen LogP contribution in [-0.4, -0.2) is 28.1 Å². The third kappa shape index (κ3) is 4.07. The van der Waals surface area contributed by atoms with Crippen LogP contribution in [0.5, 0.6) is 0 Å². The van der Waals surface area contributed by atoms with Crippen LogP contribution in [0.3, 0.4) is 0 Å². The number of hydrogen-bond acceptors (Lipinski definition) is 4. The van der Waals surface area contributed by atoms with Gasteiger partial charge >= 0.3 is 11.9 Å². The Morgan fingerprint density at radius 1 is 0.941 bits per heavy atom. The van der Waals surface area contributed by atoms with E-state index in [-0.39, 0.29) is 37.4 Å². The molecule has 0 radical (unpaired) electrons. The van der Waals surface area contributed by atoms with Crippen molar-refractivity contribution in [3.8, 4) is 0 Å². The Labute approximate surface area is 203 Å². The fraction of sp³-hybridized carbons (Fsp3) is 0.0400. The van der Waals surface area contributed by atoms with E-state index in [2.05, 4.69) is 10.3 Å². The molecule has 0 saturated heterocycles. The average Bonchev–Trinajstić information content (AvgIpc) is 3.14. The zero-order valence-corrected chi connectivity index (χ0v) is 18.8. The highest BCUT2D eigenvalue weighted by Gasteiger charge is 2.48. The Kier molecular flexibility index (Phi) is 6.24. The van der Waals surface area contributed by atoms with Gasteiger partial charge in [0, 0.05) is 38.7 Å². The number of fused-ring (bicyclic) bond motifs is 1. The first-order chi connectivity index (χ1) is 16.2. The first-order valence-electron chi connectivity index (χ1n) is 9.94. The Bertz CT molecular complexity index is 1480. The number of benzene rings is 3. The third-order valence-electron chi connectivity index (χ3n) is 5.28. The van der Waals surface area contributed by atoms with Crippen molar-refractivity contribution >= 4 is 52.3 Å². The summed E-state index contributed by atoms with van der Waals surface area (Å²) in [6.45, 7) is 0. The molecule has 0 fully saturated rings. The fourth-order valence-corrected chi connectivity index (χ4v) is 4.45. The Hall–Kier alpha value is -3.94. The van der Waals surface area contributed by atoms with E-state index in [0.29, 0.717) is 5.56 Å². The van der Waals surface area contributed by atoms with E-state index in [1.54, 1.807) is 48.5 Å². The lowest BCUT2D eigenvalue weighted by Crippen LogP contribution is -2.36. The van der Waals surface area contributed by atoms with Crippen LogP contribution < -0.4 is 15.9 Å². The first-order valence-corrected chi connectivity index (χ1v) is 10.7. The summed E-state index contributed by atoms with van der Waals surface area (Å²) in [5, 5.41) is 23.2. The smallest absolute Gasteiger partial charge is 0.341 e. The molecule has 3 aromatic rings. The summed E-state index contributed by atoms with van der Waals surface area (Å²) < 4.78 is 0. The largest absolute Gasteiger partial charge is 0.479 e. The van der Waals surface area contributed by atoms with Gasteiger partial charge in [-0.3, -0.25) is 9.79 Å². The van der Waals surface area contributed by atoms with Gasteiger partial charge < -0.3 is 15.5 Å². The van der Waals surface area contributed by atoms with Crippen molar-refractivity contribution in [2.45, 2.75) is 5.54 Å². The summed E-state index contributed by atoms with van der Waals surface area (Å²) in [4.78, 5) is 41.5. The Morgan fingerprint density at radius 3 is 2.29 bits per heavy atom. The van der Waals surface area contributed by atoms with Crippen molar-refractivity contribution in [3.63, 3.8) is 0 Å². The summed E-state index contributed by atoms with van der Waals surface area (Å²) in [5.74, 6) is -3.12. The Morgan fingerprint density at radius 2 is 1.62 bits per heavy atom. The number of halogens is 2. The topological polar surface area (TPSA) is 116 Å². The molecule has 3 aromatic carbocycles. The lowest BCUT2D eigenvalue weighted by atomic mass is 9.82. The molecule has 0 aromatic heterocycles. The van der Waals surface area contributed by atoms with Gasteiger partial charge in [-0.2, -0.15) is 0 Å². The molecule has 7 nitrogen and oxygen atoms in total. The highest BCUT2D eigenvalue weighted by atomic mass is 35.5. The number of amides is 1. The number of aliphatic carboxylic acids is 2. The number of carboxylic acid groups (broad SMARTS) is 2. The molecule has 3 N–H and O–H groups in total. The van der Waals surface area contributed by atoms with Crippen LogP contribution in [0.15, 0.2) is 83.9 Å². The van der Waals surface area contributed by atoms with Crippen LogP contribution in [0.25, 0.3) is 5.57 Å². The number of para-hydroxylation sites is 1. The Balaban J connectivity index is 1.99. The lowest BCUT2D eigenvalue weighted by Gasteiger charge is -2.27. The number of anilines is 1. The number of rotatable bonds is 6. The van der Waals surface area contributed by atoms with Crippen molar-refractivity contribution in [1.82, 2.24) is 0 Å². The van der Waals surface area contributed by atoms with Gasteiger partial charge in [-0.25, -0.2) is 9.59 Å². The summed E-state index contributed by atoms with van der Waals surface area (Å²) in [6.07, 6.45) is 1.97. The van der Waals surface area contributed by atoms with Crippen LogP contribution in [0, 0.1) is 0 Å². The monoisotopic (exact) mass is 494 g/mol. The molecule has 1 unspecified atom stereocenters. The molecule has 170 valence electrons. The lowest BCUT2D eigenvalue weighted by molar-refractivity contribution is -0.141. The van der Waals surface area contributed by atoms with Crippen LogP contribution in [0.2, 0.25) is 10.0 Å². The van der Waals surface area contributed by atoms with E-state index in [1.165, 1.54) is 18.2 Å². The molecule has 0 aliphatic carbocycles.